The number of nitrogens with one attached hydrogen (secondary N) is 1. The predicted octanol–water partition coefficient (Wildman–Crippen LogP) is 2.83. The first-order chi connectivity index (χ1) is 10.1. The Hall–Kier alpha value is -1.57. The molecule has 0 spiro atoms. The highest BCUT2D eigenvalue weighted by atomic mass is 32.2. The molecule has 2 aromatic rings. The van der Waals surface area contributed by atoms with E-state index in [0.717, 1.165) is 6.42 Å². The highest BCUT2D eigenvalue weighted by Gasteiger charge is 2.16. The van der Waals surface area contributed by atoms with E-state index in [9.17, 15) is 13.5 Å². The molecule has 0 atom stereocenters. The van der Waals surface area contributed by atoms with Crippen LogP contribution in [0, 0.1) is 0 Å². The molecule has 0 saturated carbocycles. The summed E-state index contributed by atoms with van der Waals surface area (Å²) < 4.78 is 32.5. The van der Waals surface area contributed by atoms with Gasteiger partial charge in [0.25, 0.3) is 10.0 Å². The molecule has 2 rings (SSSR count). The van der Waals surface area contributed by atoms with Crippen molar-refractivity contribution in [2.75, 3.05) is 11.3 Å². The molecule has 0 radical (unpaired) electrons. The summed E-state index contributed by atoms with van der Waals surface area (Å²) in [5, 5.41) is 12.9. The molecular weight excluding hydrogens is 310 g/mol. The van der Waals surface area contributed by atoms with E-state index in [-0.39, 0.29) is 11.5 Å². The largest absolute Gasteiger partial charge is 0.493 e. The summed E-state index contributed by atoms with van der Waals surface area (Å²) in [7, 11) is -3.66. The number of hydrogen-bond acceptors (Lipinski definition) is 5. The zero-order valence-electron chi connectivity index (χ0n) is 11.6. The summed E-state index contributed by atoms with van der Waals surface area (Å²) in [5.41, 5.74) is 0.980. The lowest BCUT2D eigenvalue weighted by molar-refractivity contribution is 0.262. The van der Waals surface area contributed by atoms with E-state index < -0.39 is 10.0 Å². The lowest BCUT2D eigenvalue weighted by Gasteiger charge is -2.12. The van der Waals surface area contributed by atoms with Gasteiger partial charge in [-0.1, -0.05) is 6.92 Å². The molecule has 0 saturated heterocycles. The van der Waals surface area contributed by atoms with E-state index in [1.807, 2.05) is 6.92 Å². The van der Waals surface area contributed by atoms with E-state index in [4.69, 9.17) is 4.74 Å². The van der Waals surface area contributed by atoms with Crippen LogP contribution in [-0.4, -0.2) is 20.1 Å². The SMILES string of the molecule is CCCOc1ccc(S(=O)(=O)Nc2ccsc2)cc1CO. The average Bonchev–Trinajstić information content (AvgIpc) is 2.97. The van der Waals surface area contributed by atoms with Gasteiger partial charge in [-0.25, -0.2) is 8.42 Å². The first-order valence-electron chi connectivity index (χ1n) is 6.48. The molecule has 2 N–H and O–H groups in total. The molecule has 0 unspecified atom stereocenters. The minimum atomic E-state index is -3.66. The molecule has 5 nitrogen and oxygen atoms in total. The Bertz CT molecular complexity index is 681. The number of benzene rings is 1. The molecule has 21 heavy (non-hydrogen) atoms. The minimum Gasteiger partial charge on any atom is -0.493 e. The third-order valence-corrected chi connectivity index (χ3v) is 4.81. The summed E-state index contributed by atoms with van der Waals surface area (Å²) in [6.45, 7) is 2.22. The third kappa shape index (κ3) is 3.96. The highest BCUT2D eigenvalue weighted by Crippen LogP contribution is 2.25. The quantitative estimate of drug-likeness (QED) is 0.820. The molecule has 1 heterocycles. The molecule has 0 bridgehead atoms. The number of ether oxygens (including phenoxy) is 1. The van der Waals surface area contributed by atoms with Crippen molar-refractivity contribution in [1.29, 1.82) is 0 Å². The van der Waals surface area contributed by atoms with Crippen LogP contribution in [0.3, 0.4) is 0 Å². The van der Waals surface area contributed by atoms with Gasteiger partial charge in [0.05, 0.1) is 23.8 Å². The van der Waals surface area contributed by atoms with Gasteiger partial charge in [-0.05, 0) is 36.1 Å². The van der Waals surface area contributed by atoms with Crippen LogP contribution in [-0.2, 0) is 16.6 Å². The van der Waals surface area contributed by atoms with Crippen molar-refractivity contribution in [1.82, 2.24) is 0 Å². The summed E-state index contributed by atoms with van der Waals surface area (Å²) >= 11 is 1.41. The van der Waals surface area contributed by atoms with Crippen LogP contribution in [0.1, 0.15) is 18.9 Å². The molecule has 0 aliphatic heterocycles. The number of rotatable bonds is 7. The van der Waals surface area contributed by atoms with Gasteiger partial charge in [0.2, 0.25) is 0 Å². The van der Waals surface area contributed by atoms with E-state index in [1.165, 1.54) is 23.5 Å². The molecule has 0 amide bonds. The molecule has 114 valence electrons. The summed E-state index contributed by atoms with van der Waals surface area (Å²) in [6.07, 6.45) is 0.838. The number of thiophene rings is 1. The zero-order valence-corrected chi connectivity index (χ0v) is 13.2. The van der Waals surface area contributed by atoms with Gasteiger partial charge < -0.3 is 9.84 Å². The molecule has 7 heteroatoms. The first-order valence-corrected chi connectivity index (χ1v) is 8.91. The smallest absolute Gasteiger partial charge is 0.261 e. The minimum absolute atomic E-state index is 0.0987. The van der Waals surface area contributed by atoms with Gasteiger partial charge in [0, 0.05) is 10.9 Å². The summed E-state index contributed by atoms with van der Waals surface area (Å²) in [5.74, 6) is 0.508. The summed E-state index contributed by atoms with van der Waals surface area (Å²) in [4.78, 5) is 0.0987. The number of anilines is 1. The van der Waals surface area contributed by atoms with Crippen LogP contribution in [0.5, 0.6) is 5.75 Å². The van der Waals surface area contributed by atoms with Crippen LogP contribution in [0.15, 0.2) is 39.9 Å². The monoisotopic (exact) mass is 327 g/mol. The van der Waals surface area contributed by atoms with Crippen molar-refractivity contribution in [2.24, 2.45) is 0 Å². The highest BCUT2D eigenvalue weighted by molar-refractivity contribution is 7.92. The first kappa shape index (κ1) is 15.8. The molecule has 0 aliphatic rings. The second-order valence-electron chi connectivity index (χ2n) is 4.39. The maximum absolute atomic E-state index is 12.3. The van der Waals surface area contributed by atoms with E-state index >= 15 is 0 Å². The fourth-order valence-electron chi connectivity index (χ4n) is 1.74. The standard InChI is InChI=1S/C14H17NO4S2/c1-2-6-19-14-4-3-13(8-11(14)9-16)21(17,18)15-12-5-7-20-10-12/h3-5,7-8,10,15-16H,2,6,9H2,1H3. The van der Waals surface area contributed by atoms with Crippen molar-refractivity contribution in [3.05, 3.63) is 40.6 Å². The van der Waals surface area contributed by atoms with Crippen molar-refractivity contribution < 1.29 is 18.3 Å². The Balaban J connectivity index is 2.27. The second kappa shape index (κ2) is 6.93. The number of aliphatic hydroxyl groups excluding tert-OH is 1. The molecular formula is C14H17NO4S2. The number of aliphatic hydroxyl groups is 1. The molecule has 1 aromatic carbocycles. The number of hydrogen-bond donors (Lipinski definition) is 2. The van der Waals surface area contributed by atoms with Crippen LogP contribution >= 0.6 is 11.3 Å². The Morgan fingerprint density at radius 2 is 2.14 bits per heavy atom. The summed E-state index contributed by atoms with van der Waals surface area (Å²) in [6, 6.07) is 6.16. The van der Waals surface area contributed by atoms with E-state index in [0.29, 0.717) is 23.6 Å². The van der Waals surface area contributed by atoms with E-state index in [2.05, 4.69) is 4.72 Å². The average molecular weight is 327 g/mol. The third-order valence-electron chi connectivity index (χ3n) is 2.75. The molecule has 0 aliphatic carbocycles. The van der Waals surface area contributed by atoms with Gasteiger partial charge in [-0.2, -0.15) is 11.3 Å². The lowest BCUT2D eigenvalue weighted by Crippen LogP contribution is -2.13. The van der Waals surface area contributed by atoms with Crippen LogP contribution in [0.4, 0.5) is 5.69 Å². The van der Waals surface area contributed by atoms with Gasteiger partial charge in [0.15, 0.2) is 0 Å². The number of sulfonamides is 1. The van der Waals surface area contributed by atoms with Crippen LogP contribution in [0.25, 0.3) is 0 Å². The van der Waals surface area contributed by atoms with Gasteiger partial charge in [0.1, 0.15) is 5.75 Å². The van der Waals surface area contributed by atoms with Crippen LogP contribution < -0.4 is 9.46 Å². The fourth-order valence-corrected chi connectivity index (χ4v) is 3.50. The molecule has 0 fully saturated rings. The van der Waals surface area contributed by atoms with Crippen LogP contribution in [0.2, 0.25) is 0 Å². The van der Waals surface area contributed by atoms with Crippen molar-refractivity contribution in [2.45, 2.75) is 24.8 Å². The predicted molar refractivity (Wildman–Crippen MR) is 83.3 cm³/mol. The Morgan fingerprint density at radius 1 is 1.33 bits per heavy atom. The Labute approximate surface area is 128 Å². The second-order valence-corrected chi connectivity index (χ2v) is 6.86. The Morgan fingerprint density at radius 3 is 2.76 bits per heavy atom. The molecule has 1 aromatic heterocycles. The van der Waals surface area contributed by atoms with Gasteiger partial charge in [-0.3, -0.25) is 4.72 Å². The maximum atomic E-state index is 12.3. The maximum Gasteiger partial charge on any atom is 0.261 e. The zero-order chi connectivity index (χ0) is 15.3. The van der Waals surface area contributed by atoms with Crippen molar-refractivity contribution in [3.63, 3.8) is 0 Å². The van der Waals surface area contributed by atoms with Crippen molar-refractivity contribution in [3.8, 4) is 5.75 Å². The Kier molecular flexibility index (Phi) is 5.22. The topological polar surface area (TPSA) is 75.6 Å². The normalized spacial score (nSPS) is 11.3. The van der Waals surface area contributed by atoms with Gasteiger partial charge >= 0.3 is 0 Å². The lowest BCUT2D eigenvalue weighted by atomic mass is 10.2. The van der Waals surface area contributed by atoms with E-state index in [1.54, 1.807) is 22.9 Å². The van der Waals surface area contributed by atoms with Crippen molar-refractivity contribution >= 4 is 27.0 Å². The van der Waals surface area contributed by atoms with Gasteiger partial charge in [-0.15, -0.1) is 0 Å². The fraction of sp³-hybridized carbons (Fsp3) is 0.286.